The first-order chi connectivity index (χ1) is 19.5. The summed E-state index contributed by atoms with van der Waals surface area (Å²) in [6, 6.07) is 26.7. The van der Waals surface area contributed by atoms with Crippen LogP contribution in [0.2, 0.25) is 18.1 Å². The molecular weight excluding hydrogens is 530 g/mol. The highest BCUT2D eigenvalue weighted by atomic mass is 28.4. The van der Waals surface area contributed by atoms with Crippen molar-refractivity contribution in [2.24, 2.45) is 0 Å². The maximum absolute atomic E-state index is 13.1. The average Bonchev–Trinajstić information content (AvgIpc) is 2.97. The molecule has 41 heavy (non-hydrogen) atoms. The molecule has 0 heterocycles. The zero-order chi connectivity index (χ0) is 29.9. The van der Waals surface area contributed by atoms with Crippen molar-refractivity contribution in [3.8, 4) is 0 Å². The minimum atomic E-state index is -2.20. The molecule has 0 fully saturated rings. The molecule has 6 nitrogen and oxygen atoms in total. The number of nitrogens with one attached hydrogen (secondary N) is 1. The number of esters is 1. The van der Waals surface area contributed by atoms with Crippen LogP contribution in [0.5, 0.6) is 0 Å². The predicted octanol–water partition coefficient (Wildman–Crippen LogP) is 8.32. The van der Waals surface area contributed by atoms with Gasteiger partial charge >= 0.3 is 12.1 Å². The zero-order valence-electron chi connectivity index (χ0n) is 25.1. The molecule has 3 aromatic carbocycles. The van der Waals surface area contributed by atoms with Gasteiger partial charge in [0.25, 0.3) is 0 Å². The van der Waals surface area contributed by atoms with Gasteiger partial charge in [-0.15, -0.1) is 0 Å². The lowest BCUT2D eigenvalue weighted by Crippen LogP contribution is -2.48. The lowest BCUT2D eigenvalue weighted by Gasteiger charge is -2.41. The molecule has 0 saturated carbocycles. The third-order valence-corrected chi connectivity index (χ3v) is 12.0. The molecule has 0 spiro atoms. The van der Waals surface area contributed by atoms with E-state index in [1.165, 1.54) is 7.11 Å². The molecule has 1 amide bonds. The van der Waals surface area contributed by atoms with Gasteiger partial charge in [0.2, 0.25) is 0 Å². The monoisotopic (exact) mass is 573 g/mol. The van der Waals surface area contributed by atoms with Gasteiger partial charge in [-0.05, 0) is 59.8 Å². The van der Waals surface area contributed by atoms with E-state index in [1.807, 2.05) is 66.7 Å². The highest BCUT2D eigenvalue weighted by Gasteiger charge is 2.41. The highest BCUT2D eigenvalue weighted by molar-refractivity contribution is 6.74. The van der Waals surface area contributed by atoms with Crippen LogP contribution in [-0.2, 0) is 20.5 Å². The minimum Gasteiger partial charge on any atom is -0.465 e. The molecule has 3 rings (SSSR count). The Morgan fingerprint density at radius 3 is 2.10 bits per heavy atom. The number of hydrogen-bond donors (Lipinski definition) is 1. The molecule has 0 saturated heterocycles. The fourth-order valence-corrected chi connectivity index (χ4v) is 5.37. The third kappa shape index (κ3) is 9.72. The van der Waals surface area contributed by atoms with Crippen LogP contribution in [0.1, 0.15) is 66.8 Å². The smallest absolute Gasteiger partial charge is 0.407 e. The van der Waals surface area contributed by atoms with Gasteiger partial charge in [-0.25, -0.2) is 9.59 Å². The number of methoxy groups -OCH3 is 1. The number of hydrogen-bond acceptors (Lipinski definition) is 5. The Labute approximate surface area is 245 Å². The Hall–Kier alpha value is -3.68. The van der Waals surface area contributed by atoms with Gasteiger partial charge in [0.1, 0.15) is 6.61 Å². The topological polar surface area (TPSA) is 73.9 Å². The standard InChI is InChI=1S/C34H43NO5Si/c1-34(2,3)41(5,6)40-31(28-18-11-8-12-19-28)30(35-33(37)39-25-27-16-9-7-10-17-27)20-14-13-15-26-21-23-29(24-22-26)32(36)38-4/h7-13,15-19,21-24,30-31H,14,20,25H2,1-6H3,(H,35,37)/t30?,31-/m1/s1. The lowest BCUT2D eigenvalue weighted by atomic mass is 9.98. The van der Waals surface area contributed by atoms with Crippen molar-refractivity contribution >= 4 is 26.5 Å². The van der Waals surface area contributed by atoms with Crippen LogP contribution in [0.4, 0.5) is 4.79 Å². The summed E-state index contributed by atoms with van der Waals surface area (Å²) in [5, 5.41) is 3.13. The molecule has 1 unspecified atom stereocenters. The first kappa shape index (κ1) is 31.8. The summed E-state index contributed by atoms with van der Waals surface area (Å²) in [5.41, 5.74) is 3.43. The fourth-order valence-electron chi connectivity index (χ4n) is 4.08. The Morgan fingerprint density at radius 1 is 0.902 bits per heavy atom. The Balaban J connectivity index is 1.80. The zero-order valence-corrected chi connectivity index (χ0v) is 26.1. The second-order valence-electron chi connectivity index (χ2n) is 11.6. The van der Waals surface area contributed by atoms with E-state index in [9.17, 15) is 9.59 Å². The molecule has 0 aliphatic rings. The van der Waals surface area contributed by atoms with Crippen molar-refractivity contribution in [1.29, 1.82) is 0 Å². The van der Waals surface area contributed by atoms with E-state index in [0.717, 1.165) is 16.7 Å². The van der Waals surface area contributed by atoms with E-state index in [4.69, 9.17) is 13.9 Å². The number of carbonyl (C=O) groups excluding carboxylic acids is 2. The van der Waals surface area contributed by atoms with Crippen molar-refractivity contribution in [1.82, 2.24) is 5.32 Å². The van der Waals surface area contributed by atoms with Crippen LogP contribution in [0.15, 0.2) is 91.0 Å². The van der Waals surface area contributed by atoms with E-state index in [2.05, 4.69) is 57.4 Å². The van der Waals surface area contributed by atoms with E-state index < -0.39 is 14.4 Å². The van der Waals surface area contributed by atoms with Gasteiger partial charge in [0, 0.05) is 0 Å². The fraction of sp³-hybridized carbons (Fsp3) is 0.353. The number of carbonyl (C=O) groups is 2. The number of benzene rings is 3. The number of ether oxygens (including phenoxy) is 2. The van der Waals surface area contributed by atoms with Gasteiger partial charge in [-0.2, -0.15) is 0 Å². The predicted molar refractivity (Wildman–Crippen MR) is 167 cm³/mol. The van der Waals surface area contributed by atoms with Crippen molar-refractivity contribution < 1.29 is 23.5 Å². The van der Waals surface area contributed by atoms with Crippen LogP contribution in [0.25, 0.3) is 6.08 Å². The van der Waals surface area contributed by atoms with Crippen molar-refractivity contribution in [3.63, 3.8) is 0 Å². The highest BCUT2D eigenvalue weighted by Crippen LogP contribution is 2.41. The van der Waals surface area contributed by atoms with Crippen LogP contribution in [0.3, 0.4) is 0 Å². The van der Waals surface area contributed by atoms with Gasteiger partial charge in [0.05, 0.1) is 24.8 Å². The lowest BCUT2D eigenvalue weighted by molar-refractivity contribution is 0.0600. The largest absolute Gasteiger partial charge is 0.465 e. The first-order valence-corrected chi connectivity index (χ1v) is 17.0. The summed E-state index contributed by atoms with van der Waals surface area (Å²) in [4.78, 5) is 24.8. The third-order valence-electron chi connectivity index (χ3n) is 7.52. The summed E-state index contributed by atoms with van der Waals surface area (Å²) in [6.45, 7) is 11.3. The second-order valence-corrected chi connectivity index (χ2v) is 16.4. The summed E-state index contributed by atoms with van der Waals surface area (Å²) >= 11 is 0. The molecule has 1 N–H and O–H groups in total. The number of rotatable bonds is 12. The van der Waals surface area contributed by atoms with Crippen LogP contribution < -0.4 is 5.32 Å². The second kappa shape index (κ2) is 14.8. The Kier molecular flexibility index (Phi) is 11.5. The molecule has 3 aromatic rings. The normalized spacial score (nSPS) is 13.4. The van der Waals surface area contributed by atoms with Gasteiger partial charge < -0.3 is 19.2 Å². The summed E-state index contributed by atoms with van der Waals surface area (Å²) in [7, 11) is -0.831. The maximum Gasteiger partial charge on any atom is 0.407 e. The maximum atomic E-state index is 13.1. The Morgan fingerprint density at radius 2 is 1.51 bits per heavy atom. The molecule has 0 radical (unpaired) electrons. The molecule has 0 bridgehead atoms. The van der Waals surface area contributed by atoms with Crippen LogP contribution >= 0.6 is 0 Å². The number of allylic oxidation sites excluding steroid dienone is 1. The van der Waals surface area contributed by atoms with Crippen molar-refractivity contribution in [2.45, 2.75) is 70.5 Å². The number of amides is 1. The molecule has 0 aliphatic heterocycles. The molecule has 0 aromatic heterocycles. The van der Waals surface area contributed by atoms with E-state index in [-0.39, 0.29) is 29.8 Å². The van der Waals surface area contributed by atoms with E-state index >= 15 is 0 Å². The molecular formula is C34H43NO5Si. The molecule has 7 heteroatoms. The Bertz CT molecular complexity index is 1270. The molecule has 218 valence electrons. The van der Waals surface area contributed by atoms with Gasteiger partial charge in [-0.3, -0.25) is 0 Å². The van der Waals surface area contributed by atoms with Gasteiger partial charge in [-0.1, -0.05) is 106 Å². The van der Waals surface area contributed by atoms with E-state index in [0.29, 0.717) is 18.4 Å². The molecule has 2 atom stereocenters. The van der Waals surface area contributed by atoms with Gasteiger partial charge in [0.15, 0.2) is 8.32 Å². The SMILES string of the molecule is COC(=O)c1ccc(C=CCCC(NC(=O)OCc2ccccc2)[C@H](O[Si](C)(C)C(C)(C)C)c2ccccc2)cc1. The summed E-state index contributed by atoms with van der Waals surface area (Å²) in [6.07, 6.45) is 4.62. The average molecular weight is 574 g/mol. The first-order valence-electron chi connectivity index (χ1n) is 14.0. The van der Waals surface area contributed by atoms with Crippen molar-refractivity contribution in [2.75, 3.05) is 7.11 Å². The summed E-state index contributed by atoms with van der Waals surface area (Å²) < 4.78 is 17.4. The number of alkyl carbamates (subject to hydrolysis) is 1. The van der Waals surface area contributed by atoms with E-state index in [1.54, 1.807) is 12.1 Å². The summed E-state index contributed by atoms with van der Waals surface area (Å²) in [5.74, 6) is -0.359. The minimum absolute atomic E-state index is 0.00529. The van der Waals surface area contributed by atoms with Crippen molar-refractivity contribution in [3.05, 3.63) is 113 Å². The van der Waals surface area contributed by atoms with Crippen LogP contribution in [-0.4, -0.2) is 33.5 Å². The quantitative estimate of drug-likeness (QED) is 0.174. The molecule has 0 aliphatic carbocycles. The van der Waals surface area contributed by atoms with Crippen LogP contribution in [0, 0.1) is 0 Å².